The molecule has 0 unspecified atom stereocenters. The smallest absolute Gasteiger partial charge is 0.143 e. The maximum absolute atomic E-state index is 7.06. The zero-order valence-corrected chi connectivity index (χ0v) is 39.6. The largest absolute Gasteiger partial charge is 0.455 e. The highest BCUT2D eigenvalue weighted by Crippen LogP contribution is 2.53. The van der Waals surface area contributed by atoms with Crippen LogP contribution in [0.15, 0.2) is 241 Å². The van der Waals surface area contributed by atoms with Crippen molar-refractivity contribution < 1.29 is 4.42 Å². The molecule has 0 saturated carbocycles. The molecule has 0 saturated heterocycles. The number of furan rings is 1. The standard InChI is InChI=1S/C67H45NOS/c1-67(2)59-27-12-11-23-51(59)52-36-35-49(40-60(52)67)68(48-21-13-20-46(38-48)43-18-7-4-8-19-43)61-28-15-29-62-64(61)58-41-56(50-22-9-10-24-53(50)65(58)69-62)54-25-14-26-55-57-39-47(34-37-63(57)70-66(54)55)45-32-30-44(31-33-45)42-16-5-3-6-17-42/h3-41H,1-2H3. The van der Waals surface area contributed by atoms with Gasteiger partial charge in [-0.25, -0.2) is 0 Å². The summed E-state index contributed by atoms with van der Waals surface area (Å²) in [5, 5.41) is 7.01. The summed E-state index contributed by atoms with van der Waals surface area (Å²) < 4.78 is 9.63. The fourth-order valence-corrected chi connectivity index (χ4v) is 12.6. The van der Waals surface area contributed by atoms with Crippen molar-refractivity contribution in [2.75, 3.05) is 4.90 Å². The Labute approximate surface area is 411 Å². The summed E-state index contributed by atoms with van der Waals surface area (Å²) >= 11 is 1.88. The molecule has 0 radical (unpaired) electrons. The zero-order valence-electron chi connectivity index (χ0n) is 38.8. The molecule has 1 aliphatic rings. The van der Waals surface area contributed by atoms with Crippen molar-refractivity contribution in [1.82, 2.24) is 0 Å². The SMILES string of the molecule is CC1(C)c2ccccc2-c2ccc(N(c3cccc(-c4ccccc4)c3)c3cccc4oc5c6ccccc6c(-c6cccc7c6sc6ccc(-c8ccc(-c9ccccc9)cc8)cc67)cc5c34)cc21. The highest BCUT2D eigenvalue weighted by molar-refractivity contribution is 7.26. The lowest BCUT2D eigenvalue weighted by atomic mass is 9.82. The highest BCUT2D eigenvalue weighted by Gasteiger charge is 2.36. The summed E-state index contributed by atoms with van der Waals surface area (Å²) in [6, 6.07) is 86.7. The molecule has 14 rings (SSSR count). The Morgan fingerprint density at radius 1 is 0.371 bits per heavy atom. The van der Waals surface area contributed by atoms with E-state index in [9.17, 15) is 0 Å². The van der Waals surface area contributed by atoms with E-state index in [1.807, 2.05) is 11.3 Å². The molecule has 2 nitrogen and oxygen atoms in total. The molecule has 0 spiro atoms. The molecule has 70 heavy (non-hydrogen) atoms. The summed E-state index contributed by atoms with van der Waals surface area (Å²) in [5.74, 6) is 0. The molecule has 2 heterocycles. The number of hydrogen-bond donors (Lipinski definition) is 0. The molecule has 3 heteroatoms. The van der Waals surface area contributed by atoms with Crippen LogP contribution in [-0.2, 0) is 5.41 Å². The number of thiophene rings is 1. The van der Waals surface area contributed by atoms with Crippen molar-refractivity contribution >= 4 is 81.3 Å². The molecule has 0 fully saturated rings. The Bertz CT molecular complexity index is 4200. The highest BCUT2D eigenvalue weighted by atomic mass is 32.1. The number of hydrogen-bond acceptors (Lipinski definition) is 3. The molecular formula is C67H45NOS. The van der Waals surface area contributed by atoms with Crippen LogP contribution in [0.2, 0.25) is 0 Å². The van der Waals surface area contributed by atoms with Crippen LogP contribution in [0.5, 0.6) is 0 Å². The molecular weight excluding hydrogens is 867 g/mol. The molecule has 0 atom stereocenters. The quantitative estimate of drug-likeness (QED) is 0.158. The van der Waals surface area contributed by atoms with Gasteiger partial charge in [0.2, 0.25) is 0 Å². The molecule has 330 valence electrons. The van der Waals surface area contributed by atoms with Crippen LogP contribution in [0, 0.1) is 0 Å². The van der Waals surface area contributed by atoms with Gasteiger partial charge >= 0.3 is 0 Å². The minimum absolute atomic E-state index is 0.162. The summed E-state index contributed by atoms with van der Waals surface area (Å²) in [4.78, 5) is 2.46. The number of fused-ring (bicyclic) bond motifs is 11. The second-order valence-corrected chi connectivity index (χ2v) is 20.2. The van der Waals surface area contributed by atoms with Crippen molar-refractivity contribution in [2.24, 2.45) is 0 Å². The number of nitrogens with zero attached hydrogens (tertiary/aromatic N) is 1. The zero-order chi connectivity index (χ0) is 46.5. The number of rotatable bonds is 7. The van der Waals surface area contributed by atoms with Gasteiger partial charge in [-0.3, -0.25) is 0 Å². The van der Waals surface area contributed by atoms with E-state index in [2.05, 4.69) is 255 Å². The van der Waals surface area contributed by atoms with Gasteiger partial charge in [0, 0.05) is 53.3 Å². The molecule has 0 N–H and O–H groups in total. The molecule has 11 aromatic carbocycles. The van der Waals surface area contributed by atoms with E-state index >= 15 is 0 Å². The van der Waals surface area contributed by atoms with Crippen molar-refractivity contribution in [2.45, 2.75) is 19.3 Å². The van der Waals surface area contributed by atoms with E-state index in [1.54, 1.807) is 0 Å². The van der Waals surface area contributed by atoms with Gasteiger partial charge in [-0.15, -0.1) is 11.3 Å². The third kappa shape index (κ3) is 6.32. The van der Waals surface area contributed by atoms with E-state index in [0.717, 1.165) is 44.4 Å². The monoisotopic (exact) mass is 911 g/mol. The van der Waals surface area contributed by atoms with E-state index < -0.39 is 0 Å². The van der Waals surface area contributed by atoms with Gasteiger partial charge in [-0.2, -0.15) is 0 Å². The summed E-state index contributed by atoms with van der Waals surface area (Å²) in [6.07, 6.45) is 0. The number of benzene rings is 11. The fraction of sp³-hybridized carbons (Fsp3) is 0.0448. The minimum atomic E-state index is -0.162. The third-order valence-electron chi connectivity index (χ3n) is 14.9. The van der Waals surface area contributed by atoms with E-state index in [1.165, 1.54) is 92.3 Å². The average Bonchev–Trinajstić information content (AvgIpc) is 4.07. The first-order valence-electron chi connectivity index (χ1n) is 24.1. The predicted octanol–water partition coefficient (Wildman–Crippen LogP) is 19.6. The lowest BCUT2D eigenvalue weighted by Crippen LogP contribution is -2.16. The van der Waals surface area contributed by atoms with Crippen LogP contribution < -0.4 is 4.90 Å². The van der Waals surface area contributed by atoms with E-state index in [4.69, 9.17) is 4.42 Å². The van der Waals surface area contributed by atoms with Crippen LogP contribution in [0.1, 0.15) is 25.0 Å². The van der Waals surface area contributed by atoms with Gasteiger partial charge in [0.15, 0.2) is 0 Å². The van der Waals surface area contributed by atoms with Crippen LogP contribution in [0.4, 0.5) is 17.1 Å². The Morgan fingerprint density at radius 2 is 0.957 bits per heavy atom. The van der Waals surface area contributed by atoms with Crippen molar-refractivity contribution in [3.05, 3.63) is 248 Å². The summed E-state index contributed by atoms with van der Waals surface area (Å²) in [6.45, 7) is 4.72. The average molecular weight is 912 g/mol. The van der Waals surface area contributed by atoms with E-state index in [-0.39, 0.29) is 5.41 Å². The Kier molecular flexibility index (Phi) is 9.14. The summed E-state index contributed by atoms with van der Waals surface area (Å²) in [7, 11) is 0. The second-order valence-electron chi connectivity index (χ2n) is 19.2. The molecule has 0 bridgehead atoms. The van der Waals surface area contributed by atoms with Gasteiger partial charge < -0.3 is 9.32 Å². The van der Waals surface area contributed by atoms with Crippen LogP contribution in [0.3, 0.4) is 0 Å². The van der Waals surface area contributed by atoms with Crippen LogP contribution in [0.25, 0.3) is 109 Å². The van der Waals surface area contributed by atoms with Crippen molar-refractivity contribution in [3.8, 4) is 55.6 Å². The predicted molar refractivity (Wildman–Crippen MR) is 298 cm³/mol. The lowest BCUT2D eigenvalue weighted by molar-refractivity contribution is 0.660. The first-order chi connectivity index (χ1) is 34.5. The molecule has 0 amide bonds. The first-order valence-corrected chi connectivity index (χ1v) is 25.0. The number of anilines is 3. The van der Waals surface area contributed by atoms with Crippen LogP contribution >= 0.6 is 11.3 Å². The second kappa shape index (κ2) is 15.8. The maximum Gasteiger partial charge on any atom is 0.143 e. The fourth-order valence-electron chi connectivity index (χ4n) is 11.4. The van der Waals surface area contributed by atoms with Gasteiger partial charge in [-0.1, -0.05) is 196 Å². The van der Waals surface area contributed by atoms with E-state index in [0.29, 0.717) is 0 Å². The van der Waals surface area contributed by atoms with Crippen molar-refractivity contribution in [3.63, 3.8) is 0 Å². The summed E-state index contributed by atoms with van der Waals surface area (Å²) in [5.41, 5.74) is 19.8. The van der Waals surface area contributed by atoms with Gasteiger partial charge in [0.1, 0.15) is 11.2 Å². The van der Waals surface area contributed by atoms with Gasteiger partial charge in [0.05, 0.1) is 11.1 Å². The normalized spacial score (nSPS) is 12.8. The Hall–Kier alpha value is -8.50. The maximum atomic E-state index is 7.06. The molecule has 2 aromatic heterocycles. The molecule has 1 aliphatic carbocycles. The first kappa shape index (κ1) is 40.6. The topological polar surface area (TPSA) is 16.4 Å². The molecule has 13 aromatic rings. The Balaban J connectivity index is 0.965. The minimum Gasteiger partial charge on any atom is -0.455 e. The van der Waals surface area contributed by atoms with Crippen molar-refractivity contribution in [1.29, 1.82) is 0 Å². The van der Waals surface area contributed by atoms with Gasteiger partial charge in [-0.05, 0) is 121 Å². The van der Waals surface area contributed by atoms with Gasteiger partial charge in [0.25, 0.3) is 0 Å². The lowest BCUT2D eigenvalue weighted by Gasteiger charge is -2.29. The van der Waals surface area contributed by atoms with Crippen LogP contribution in [-0.4, -0.2) is 0 Å². The Morgan fingerprint density at radius 3 is 1.77 bits per heavy atom. The third-order valence-corrected chi connectivity index (χ3v) is 16.1. The molecule has 0 aliphatic heterocycles.